The van der Waals surface area contributed by atoms with E-state index in [-0.39, 0.29) is 6.61 Å². The van der Waals surface area contributed by atoms with Crippen LogP contribution < -0.4 is 0 Å². The highest BCUT2D eigenvalue weighted by Crippen LogP contribution is 1.99. The third-order valence-electron chi connectivity index (χ3n) is 2.06. The van der Waals surface area contributed by atoms with Gasteiger partial charge in [0.2, 0.25) is 0 Å². The minimum atomic E-state index is -1.47. The molecule has 22 heavy (non-hydrogen) atoms. The van der Waals surface area contributed by atoms with Gasteiger partial charge in [-0.2, -0.15) is 0 Å². The normalized spacial score (nSPS) is 13.1. The Bertz CT molecular complexity index is 403. The van der Waals surface area contributed by atoms with Gasteiger partial charge in [0.25, 0.3) is 0 Å². The SMILES string of the molecule is CC(O)C(=O)OC(=O)CCC(=O)OC(=O)COCC(O)CO. The fourth-order valence-corrected chi connectivity index (χ4v) is 0.991. The summed E-state index contributed by atoms with van der Waals surface area (Å²) in [5, 5.41) is 26.2. The molecule has 0 aliphatic rings. The molecular weight excluding hydrogens is 304 g/mol. The Morgan fingerprint density at radius 2 is 1.50 bits per heavy atom. The molecule has 126 valence electrons. The van der Waals surface area contributed by atoms with Gasteiger partial charge in [-0.15, -0.1) is 0 Å². The quantitative estimate of drug-likeness (QED) is 0.310. The lowest BCUT2D eigenvalue weighted by atomic mass is 10.3. The summed E-state index contributed by atoms with van der Waals surface area (Å²) in [4.78, 5) is 44.3. The molecule has 0 aromatic rings. The molecule has 3 N–H and O–H groups in total. The average molecular weight is 322 g/mol. The van der Waals surface area contributed by atoms with Crippen molar-refractivity contribution in [1.29, 1.82) is 0 Å². The molecule has 2 atom stereocenters. The van der Waals surface area contributed by atoms with E-state index in [1.54, 1.807) is 0 Å². The third kappa shape index (κ3) is 9.94. The lowest BCUT2D eigenvalue weighted by Gasteiger charge is -2.07. The molecule has 0 heterocycles. The highest BCUT2D eigenvalue weighted by Gasteiger charge is 2.18. The first-order valence-corrected chi connectivity index (χ1v) is 6.29. The Labute approximate surface area is 125 Å². The van der Waals surface area contributed by atoms with Gasteiger partial charge in [0.05, 0.1) is 26.1 Å². The first-order valence-electron chi connectivity index (χ1n) is 6.29. The topological polar surface area (TPSA) is 157 Å². The molecule has 0 aliphatic heterocycles. The number of carbonyl (C=O) groups excluding carboxylic acids is 4. The minimum Gasteiger partial charge on any atom is -0.394 e. The van der Waals surface area contributed by atoms with Crippen molar-refractivity contribution in [3.8, 4) is 0 Å². The molecule has 0 aliphatic carbocycles. The van der Waals surface area contributed by atoms with Crippen molar-refractivity contribution in [2.75, 3.05) is 19.8 Å². The van der Waals surface area contributed by atoms with Crippen LogP contribution in [0.2, 0.25) is 0 Å². The number of hydrogen-bond acceptors (Lipinski definition) is 10. The fraction of sp³-hybridized carbons (Fsp3) is 0.667. The summed E-state index contributed by atoms with van der Waals surface area (Å²) >= 11 is 0. The summed E-state index contributed by atoms with van der Waals surface area (Å²) in [6.45, 7) is -0.362. The second kappa shape index (κ2) is 10.8. The maximum Gasteiger partial charge on any atom is 0.342 e. The molecule has 0 aromatic heterocycles. The van der Waals surface area contributed by atoms with E-state index >= 15 is 0 Å². The van der Waals surface area contributed by atoms with Crippen LogP contribution in [0.15, 0.2) is 0 Å². The molecule has 0 saturated carbocycles. The molecule has 0 rings (SSSR count). The zero-order valence-electron chi connectivity index (χ0n) is 11.9. The smallest absolute Gasteiger partial charge is 0.342 e. The van der Waals surface area contributed by atoms with Gasteiger partial charge in [0, 0.05) is 0 Å². The molecule has 0 saturated heterocycles. The van der Waals surface area contributed by atoms with Crippen LogP contribution in [-0.2, 0) is 33.4 Å². The van der Waals surface area contributed by atoms with E-state index in [4.69, 9.17) is 15.3 Å². The summed E-state index contributed by atoms with van der Waals surface area (Å²) in [6.07, 6.45) is -3.63. The predicted molar refractivity (Wildman–Crippen MR) is 67.0 cm³/mol. The second-order valence-electron chi connectivity index (χ2n) is 4.17. The Kier molecular flexibility index (Phi) is 9.87. The van der Waals surface area contributed by atoms with Crippen molar-refractivity contribution in [3.05, 3.63) is 0 Å². The van der Waals surface area contributed by atoms with Gasteiger partial charge in [-0.25, -0.2) is 9.59 Å². The maximum atomic E-state index is 11.2. The van der Waals surface area contributed by atoms with Gasteiger partial charge >= 0.3 is 23.9 Å². The van der Waals surface area contributed by atoms with E-state index in [1.165, 1.54) is 0 Å². The molecule has 0 fully saturated rings. The van der Waals surface area contributed by atoms with E-state index in [1.807, 2.05) is 0 Å². The molecule has 0 spiro atoms. The van der Waals surface area contributed by atoms with E-state index in [2.05, 4.69) is 14.2 Å². The van der Waals surface area contributed by atoms with Crippen LogP contribution in [0.5, 0.6) is 0 Å². The fourth-order valence-electron chi connectivity index (χ4n) is 0.991. The van der Waals surface area contributed by atoms with Crippen LogP contribution in [-0.4, -0.2) is 71.2 Å². The van der Waals surface area contributed by atoms with E-state index < -0.39 is 62.1 Å². The number of carbonyl (C=O) groups is 4. The first-order chi connectivity index (χ1) is 10.3. The highest BCUT2D eigenvalue weighted by atomic mass is 16.6. The van der Waals surface area contributed by atoms with Crippen LogP contribution in [0, 0.1) is 0 Å². The van der Waals surface area contributed by atoms with Gasteiger partial charge in [-0.05, 0) is 6.92 Å². The van der Waals surface area contributed by atoms with Gasteiger partial charge in [0.15, 0.2) is 0 Å². The van der Waals surface area contributed by atoms with Crippen molar-refractivity contribution in [3.63, 3.8) is 0 Å². The molecule has 0 bridgehead atoms. The molecule has 10 heteroatoms. The number of esters is 4. The monoisotopic (exact) mass is 322 g/mol. The summed E-state index contributed by atoms with van der Waals surface area (Å²) < 4.78 is 13.1. The molecule has 0 amide bonds. The van der Waals surface area contributed by atoms with E-state index in [0.717, 1.165) is 6.92 Å². The van der Waals surface area contributed by atoms with Gasteiger partial charge < -0.3 is 29.5 Å². The van der Waals surface area contributed by atoms with Gasteiger partial charge in [-0.3, -0.25) is 9.59 Å². The highest BCUT2D eigenvalue weighted by molar-refractivity contribution is 5.91. The van der Waals surface area contributed by atoms with Crippen LogP contribution in [0.4, 0.5) is 0 Å². The number of ether oxygens (including phenoxy) is 3. The second-order valence-corrected chi connectivity index (χ2v) is 4.17. The minimum absolute atomic E-state index is 0.312. The van der Waals surface area contributed by atoms with Crippen LogP contribution in [0.3, 0.4) is 0 Å². The van der Waals surface area contributed by atoms with Crippen molar-refractivity contribution in [1.82, 2.24) is 0 Å². The van der Waals surface area contributed by atoms with Crippen molar-refractivity contribution in [2.24, 2.45) is 0 Å². The van der Waals surface area contributed by atoms with Crippen LogP contribution in [0.25, 0.3) is 0 Å². The van der Waals surface area contributed by atoms with Crippen molar-refractivity contribution in [2.45, 2.75) is 32.0 Å². The Hall–Kier alpha value is -1.88. The molecular formula is C12H18O10. The molecule has 2 unspecified atom stereocenters. The third-order valence-corrected chi connectivity index (χ3v) is 2.06. The summed E-state index contributed by atoms with van der Waals surface area (Å²) in [7, 11) is 0. The number of aliphatic hydroxyl groups is 3. The first kappa shape index (κ1) is 20.1. The zero-order chi connectivity index (χ0) is 17.1. The molecule has 0 aromatic carbocycles. The summed E-state index contributed by atoms with van der Waals surface area (Å²) in [6, 6.07) is 0. The number of hydrogen-bond donors (Lipinski definition) is 3. The lowest BCUT2D eigenvalue weighted by Crippen LogP contribution is -2.25. The largest absolute Gasteiger partial charge is 0.394 e. The lowest BCUT2D eigenvalue weighted by molar-refractivity contribution is -0.169. The molecule has 10 nitrogen and oxygen atoms in total. The summed E-state index contributed by atoms with van der Waals surface area (Å²) in [5.41, 5.74) is 0. The van der Waals surface area contributed by atoms with E-state index in [9.17, 15) is 19.2 Å². The van der Waals surface area contributed by atoms with Crippen molar-refractivity contribution >= 4 is 23.9 Å². The summed E-state index contributed by atoms with van der Waals surface area (Å²) in [5.74, 6) is -4.26. The number of aliphatic hydroxyl groups excluding tert-OH is 3. The van der Waals surface area contributed by atoms with Crippen LogP contribution >= 0.6 is 0 Å². The average Bonchev–Trinajstić information content (AvgIpc) is 2.44. The Morgan fingerprint density at radius 1 is 0.955 bits per heavy atom. The maximum absolute atomic E-state index is 11.2. The zero-order valence-corrected chi connectivity index (χ0v) is 11.9. The van der Waals surface area contributed by atoms with E-state index in [0.29, 0.717) is 0 Å². The Balaban J connectivity index is 3.87. The van der Waals surface area contributed by atoms with Crippen LogP contribution in [0.1, 0.15) is 19.8 Å². The standard InChI is InChI=1S/C12H18O10/c1-7(14)12(19)22-10(17)3-2-9(16)21-11(18)6-20-5-8(15)4-13/h7-8,13-15H,2-6H2,1H3. The Morgan fingerprint density at radius 3 is 2.00 bits per heavy atom. The van der Waals surface area contributed by atoms with Gasteiger partial charge in [-0.1, -0.05) is 0 Å². The van der Waals surface area contributed by atoms with Gasteiger partial charge in [0.1, 0.15) is 18.8 Å². The molecule has 0 radical (unpaired) electrons. The predicted octanol–water partition coefficient (Wildman–Crippen LogP) is -2.34. The number of rotatable bonds is 9. The van der Waals surface area contributed by atoms with Crippen molar-refractivity contribution < 1.29 is 48.7 Å².